The lowest BCUT2D eigenvalue weighted by Gasteiger charge is -2.18. The molecule has 0 aliphatic carbocycles. The van der Waals surface area contributed by atoms with E-state index in [2.05, 4.69) is 34.6 Å². The molecule has 0 atom stereocenters. The lowest BCUT2D eigenvalue weighted by Crippen LogP contribution is -2.10. The van der Waals surface area contributed by atoms with Gasteiger partial charge in [-0.05, 0) is 0 Å². The van der Waals surface area contributed by atoms with Crippen LogP contribution >= 0.6 is 0 Å². The van der Waals surface area contributed by atoms with Crippen molar-refractivity contribution in [2.24, 2.45) is 0 Å². The minimum Gasteiger partial charge on any atom is -0.0707 e. The third kappa shape index (κ3) is 6.06. The Morgan fingerprint density at radius 1 is 1.12 bits per heavy atom. The first-order valence-electron chi connectivity index (χ1n) is 3.42. The zero-order chi connectivity index (χ0) is 6.78. The van der Waals surface area contributed by atoms with Gasteiger partial charge in [-0.1, -0.05) is 45.8 Å². The maximum atomic E-state index is 2.28. The summed E-state index contributed by atoms with van der Waals surface area (Å²) in [5.41, 5.74) is 0. The maximum absolute atomic E-state index is 2.28. The molecular weight excluding hydrogens is 94.9 g/mol. The van der Waals surface area contributed by atoms with Gasteiger partial charge in [-0.2, -0.15) is 0 Å². The van der Waals surface area contributed by atoms with Crippen molar-refractivity contribution >= 4 is 7.28 Å². The Balaban J connectivity index is 3.39. The molecule has 0 fully saturated rings. The van der Waals surface area contributed by atoms with Crippen LogP contribution in [0.2, 0.25) is 11.1 Å². The second kappa shape index (κ2) is 2.57. The van der Waals surface area contributed by atoms with Crippen molar-refractivity contribution in [3.05, 3.63) is 0 Å². The first-order valence-corrected chi connectivity index (χ1v) is 3.42. The van der Waals surface area contributed by atoms with Crippen LogP contribution in [0.4, 0.5) is 0 Å². The fourth-order valence-electron chi connectivity index (χ4n) is 1.22. The van der Waals surface area contributed by atoms with Gasteiger partial charge in [0.2, 0.25) is 0 Å². The fraction of sp³-hybridized carbons (Fsp3) is 1.00. The van der Waals surface area contributed by atoms with Gasteiger partial charge in [0.25, 0.3) is 0 Å². The summed E-state index contributed by atoms with van der Waals surface area (Å²) in [4.78, 5) is 0. The average molecular weight is 112 g/mol. The summed E-state index contributed by atoms with van der Waals surface area (Å²) in [5, 5.41) is 0.522. The van der Waals surface area contributed by atoms with Crippen LogP contribution in [0.3, 0.4) is 0 Å². The highest BCUT2D eigenvalue weighted by molar-refractivity contribution is 6.41. The van der Waals surface area contributed by atoms with Crippen molar-refractivity contribution in [1.29, 1.82) is 0 Å². The summed E-state index contributed by atoms with van der Waals surface area (Å²) in [6, 6.07) is 0. The highest BCUT2D eigenvalue weighted by atomic mass is 14.0. The first-order chi connectivity index (χ1) is 3.42. The summed E-state index contributed by atoms with van der Waals surface area (Å²) < 4.78 is 0. The van der Waals surface area contributed by atoms with E-state index >= 15 is 0 Å². The van der Waals surface area contributed by atoms with E-state index in [4.69, 9.17) is 0 Å². The molecule has 0 saturated heterocycles. The molecule has 0 bridgehead atoms. The van der Waals surface area contributed by atoms with E-state index in [1.807, 2.05) is 0 Å². The average Bonchev–Trinajstić information content (AvgIpc) is 1.21. The molecule has 0 nitrogen and oxygen atoms in total. The summed E-state index contributed by atoms with van der Waals surface area (Å²) in [5.74, 6) is 0.843. The molecule has 1 heteroatoms. The van der Waals surface area contributed by atoms with Crippen molar-refractivity contribution in [2.75, 3.05) is 0 Å². The standard InChI is InChI=1S/C7H17B/c1-6(2)8-7(3,4)5/h6,8H,1-5H3. The molecule has 48 valence electrons. The molecule has 0 aromatic rings. The molecule has 0 radical (unpaired) electrons. The van der Waals surface area contributed by atoms with Gasteiger partial charge >= 0.3 is 0 Å². The third-order valence-electron chi connectivity index (χ3n) is 1.02. The quantitative estimate of drug-likeness (QED) is 0.457. The van der Waals surface area contributed by atoms with Crippen molar-refractivity contribution in [1.82, 2.24) is 0 Å². The highest BCUT2D eigenvalue weighted by Crippen LogP contribution is 2.24. The molecular formula is C7H17B. The Labute approximate surface area is 53.9 Å². The van der Waals surface area contributed by atoms with Crippen LogP contribution in [0.1, 0.15) is 34.6 Å². The predicted octanol–water partition coefficient (Wildman–Crippen LogP) is 2.47. The predicted molar refractivity (Wildman–Crippen MR) is 42.0 cm³/mol. The Hall–Kier alpha value is 0.0649. The van der Waals surface area contributed by atoms with E-state index in [0.29, 0.717) is 5.31 Å². The second-order valence-corrected chi connectivity index (χ2v) is 4.16. The molecule has 8 heavy (non-hydrogen) atoms. The van der Waals surface area contributed by atoms with E-state index < -0.39 is 0 Å². The van der Waals surface area contributed by atoms with Gasteiger partial charge < -0.3 is 0 Å². The molecule has 0 N–H and O–H groups in total. The summed E-state index contributed by atoms with van der Waals surface area (Å²) >= 11 is 0. The molecule has 0 aliphatic rings. The van der Waals surface area contributed by atoms with Crippen molar-refractivity contribution in [3.63, 3.8) is 0 Å². The third-order valence-corrected chi connectivity index (χ3v) is 1.02. The summed E-state index contributed by atoms with van der Waals surface area (Å²) in [6.45, 7) is 11.4. The van der Waals surface area contributed by atoms with Crippen molar-refractivity contribution < 1.29 is 0 Å². The van der Waals surface area contributed by atoms with E-state index in [1.54, 1.807) is 0 Å². The molecule has 0 heterocycles. The normalized spacial score (nSPS) is 12.2. The Kier molecular flexibility index (Phi) is 2.59. The van der Waals surface area contributed by atoms with E-state index in [0.717, 1.165) is 5.82 Å². The number of rotatable bonds is 1. The van der Waals surface area contributed by atoms with E-state index in [-0.39, 0.29) is 0 Å². The maximum Gasteiger partial charge on any atom is 0.129 e. The Morgan fingerprint density at radius 2 is 1.50 bits per heavy atom. The molecule has 0 aromatic carbocycles. The van der Waals surface area contributed by atoms with Gasteiger partial charge in [0, 0.05) is 0 Å². The van der Waals surface area contributed by atoms with Crippen LogP contribution in [0.15, 0.2) is 0 Å². The van der Waals surface area contributed by atoms with Gasteiger partial charge in [0.15, 0.2) is 0 Å². The Bertz CT molecular complexity index is 59.3. The molecule has 0 amide bonds. The lowest BCUT2D eigenvalue weighted by molar-refractivity contribution is 0.736. The van der Waals surface area contributed by atoms with E-state index in [1.165, 1.54) is 7.28 Å². The number of hydrogen-bond donors (Lipinski definition) is 0. The van der Waals surface area contributed by atoms with Gasteiger partial charge in [-0.3, -0.25) is 0 Å². The van der Waals surface area contributed by atoms with Crippen LogP contribution in [0, 0.1) is 0 Å². The lowest BCUT2D eigenvalue weighted by atomic mass is 9.49. The van der Waals surface area contributed by atoms with Gasteiger partial charge in [0.1, 0.15) is 7.28 Å². The smallest absolute Gasteiger partial charge is 0.0707 e. The SMILES string of the molecule is CC(C)BC(C)(C)C. The molecule has 0 aliphatic heterocycles. The minimum atomic E-state index is 0.522. The zero-order valence-electron chi connectivity index (χ0n) is 6.78. The van der Waals surface area contributed by atoms with Crippen LogP contribution in [-0.2, 0) is 0 Å². The molecule has 0 aromatic heterocycles. The van der Waals surface area contributed by atoms with Gasteiger partial charge in [-0.15, -0.1) is 0 Å². The topological polar surface area (TPSA) is 0 Å². The molecule has 0 rings (SSSR count). The largest absolute Gasteiger partial charge is 0.129 e. The summed E-state index contributed by atoms with van der Waals surface area (Å²) in [6.07, 6.45) is 0. The summed E-state index contributed by atoms with van der Waals surface area (Å²) in [7, 11) is 1.33. The Morgan fingerprint density at radius 3 is 1.50 bits per heavy atom. The minimum absolute atomic E-state index is 0.522. The van der Waals surface area contributed by atoms with Crippen LogP contribution in [0.5, 0.6) is 0 Å². The van der Waals surface area contributed by atoms with Gasteiger partial charge in [0.05, 0.1) is 0 Å². The fourth-order valence-corrected chi connectivity index (χ4v) is 1.22. The monoisotopic (exact) mass is 112 g/mol. The van der Waals surface area contributed by atoms with Crippen molar-refractivity contribution in [2.45, 2.75) is 45.8 Å². The second-order valence-electron chi connectivity index (χ2n) is 4.16. The molecule has 0 spiro atoms. The first kappa shape index (κ1) is 8.06. The number of hydrogen-bond acceptors (Lipinski definition) is 0. The highest BCUT2D eigenvalue weighted by Gasteiger charge is 2.13. The van der Waals surface area contributed by atoms with Gasteiger partial charge in [-0.25, -0.2) is 0 Å². The van der Waals surface area contributed by atoms with E-state index in [9.17, 15) is 0 Å². The zero-order valence-corrected chi connectivity index (χ0v) is 6.78. The van der Waals surface area contributed by atoms with Crippen LogP contribution in [0.25, 0.3) is 0 Å². The molecule has 0 unspecified atom stereocenters. The van der Waals surface area contributed by atoms with Crippen LogP contribution in [-0.4, -0.2) is 7.28 Å². The van der Waals surface area contributed by atoms with Crippen molar-refractivity contribution in [3.8, 4) is 0 Å². The van der Waals surface area contributed by atoms with Crippen LogP contribution < -0.4 is 0 Å². The molecule has 0 saturated carbocycles.